The third kappa shape index (κ3) is 5.78. The van der Waals surface area contributed by atoms with Crippen LogP contribution in [0.1, 0.15) is 30.4 Å². The van der Waals surface area contributed by atoms with Crippen LogP contribution in [0, 0.1) is 24.7 Å². The van der Waals surface area contributed by atoms with Crippen molar-refractivity contribution in [3.63, 3.8) is 0 Å². The van der Waals surface area contributed by atoms with E-state index in [1.807, 2.05) is 0 Å². The molecular weight excluding hydrogens is 332 g/mol. The molecule has 2 aliphatic carbocycles. The molecule has 0 spiro atoms. The van der Waals surface area contributed by atoms with Crippen LogP contribution in [-0.2, 0) is 6.42 Å². The highest BCUT2D eigenvalue weighted by atomic mass is 16.3. The van der Waals surface area contributed by atoms with Gasteiger partial charge in [0.1, 0.15) is 0 Å². The maximum absolute atomic E-state index is 10.5. The maximum Gasteiger partial charge on any atom is 0.0611 e. The average Bonchev–Trinajstić information content (AvgIpc) is 3.13. The molecule has 0 saturated heterocycles. The van der Waals surface area contributed by atoms with Gasteiger partial charge in [-0.25, -0.2) is 0 Å². The molecule has 2 N–H and O–H groups in total. The van der Waals surface area contributed by atoms with Crippen molar-refractivity contribution in [3.05, 3.63) is 59.2 Å². The number of aryl methyl sites for hydroxylation is 2. The van der Waals surface area contributed by atoms with E-state index in [1.54, 1.807) is 0 Å². The van der Waals surface area contributed by atoms with E-state index in [9.17, 15) is 5.11 Å². The van der Waals surface area contributed by atoms with Crippen LogP contribution in [0.4, 0.5) is 0 Å². The van der Waals surface area contributed by atoms with Gasteiger partial charge in [0.2, 0.25) is 0 Å². The first-order valence-corrected chi connectivity index (χ1v) is 10.5. The second-order valence-corrected chi connectivity index (χ2v) is 8.67. The fourth-order valence-corrected chi connectivity index (χ4v) is 4.66. The van der Waals surface area contributed by atoms with Gasteiger partial charge in [-0.2, -0.15) is 0 Å². The smallest absolute Gasteiger partial charge is 0.0611 e. The summed E-state index contributed by atoms with van der Waals surface area (Å²) < 4.78 is 0. The molecule has 0 aromatic heterocycles. The molecule has 1 aromatic carbocycles. The molecule has 1 aromatic rings. The van der Waals surface area contributed by atoms with Crippen LogP contribution in [0.3, 0.4) is 0 Å². The van der Waals surface area contributed by atoms with Gasteiger partial charge in [-0.1, -0.05) is 53.6 Å². The molecule has 27 heavy (non-hydrogen) atoms. The summed E-state index contributed by atoms with van der Waals surface area (Å²) in [6, 6.07) is 8.76. The zero-order valence-corrected chi connectivity index (χ0v) is 17.2. The SMILES string of the molecule is Cc1cccc(CCC=C[C@@H]2[C@H]3CC(CNCCN(C)C)=C[C@H]3C[C@H]2O)c1. The van der Waals surface area contributed by atoms with Crippen molar-refractivity contribution >= 4 is 0 Å². The number of rotatable bonds is 9. The maximum atomic E-state index is 10.5. The van der Waals surface area contributed by atoms with Crippen molar-refractivity contribution in [2.24, 2.45) is 17.8 Å². The number of aliphatic hydroxyl groups excluding tert-OH is 1. The zero-order chi connectivity index (χ0) is 19.2. The van der Waals surface area contributed by atoms with E-state index in [4.69, 9.17) is 0 Å². The van der Waals surface area contributed by atoms with Crippen LogP contribution in [0.2, 0.25) is 0 Å². The molecule has 1 saturated carbocycles. The molecule has 0 aliphatic heterocycles. The highest BCUT2D eigenvalue weighted by molar-refractivity contribution is 5.23. The molecule has 1 fully saturated rings. The van der Waals surface area contributed by atoms with E-state index in [0.29, 0.717) is 17.8 Å². The molecule has 0 radical (unpaired) electrons. The van der Waals surface area contributed by atoms with Gasteiger partial charge in [0.15, 0.2) is 0 Å². The summed E-state index contributed by atoms with van der Waals surface area (Å²) >= 11 is 0. The summed E-state index contributed by atoms with van der Waals surface area (Å²) in [5, 5.41) is 14.1. The van der Waals surface area contributed by atoms with Crippen LogP contribution >= 0.6 is 0 Å². The summed E-state index contributed by atoms with van der Waals surface area (Å²) in [6.45, 7) is 5.25. The van der Waals surface area contributed by atoms with Crippen molar-refractivity contribution in [2.45, 2.75) is 38.7 Å². The minimum absolute atomic E-state index is 0.172. The van der Waals surface area contributed by atoms with E-state index < -0.39 is 0 Å². The van der Waals surface area contributed by atoms with Crippen LogP contribution in [0.25, 0.3) is 0 Å². The van der Waals surface area contributed by atoms with E-state index in [1.165, 1.54) is 16.7 Å². The predicted molar refractivity (Wildman–Crippen MR) is 114 cm³/mol. The number of benzene rings is 1. The highest BCUT2D eigenvalue weighted by Crippen LogP contribution is 2.47. The number of hydrogen-bond donors (Lipinski definition) is 2. The van der Waals surface area contributed by atoms with Gasteiger partial charge >= 0.3 is 0 Å². The van der Waals surface area contributed by atoms with Crippen molar-refractivity contribution in [1.29, 1.82) is 0 Å². The van der Waals surface area contributed by atoms with Crippen LogP contribution in [0.15, 0.2) is 48.1 Å². The quantitative estimate of drug-likeness (QED) is 0.517. The summed E-state index contributed by atoms with van der Waals surface area (Å²) in [6.07, 6.45) is 11.1. The molecule has 4 atom stereocenters. The van der Waals surface area contributed by atoms with Crippen molar-refractivity contribution in [1.82, 2.24) is 10.2 Å². The first-order chi connectivity index (χ1) is 13.0. The number of nitrogens with zero attached hydrogens (tertiary/aromatic N) is 1. The summed E-state index contributed by atoms with van der Waals surface area (Å²) in [7, 11) is 4.22. The normalized spacial score (nSPS) is 27.5. The first-order valence-electron chi connectivity index (χ1n) is 10.5. The summed E-state index contributed by atoms with van der Waals surface area (Å²) in [5.41, 5.74) is 4.27. The molecule has 3 rings (SSSR count). The predicted octanol–water partition coefficient (Wildman–Crippen LogP) is 3.58. The lowest BCUT2D eigenvalue weighted by Crippen LogP contribution is -2.28. The number of fused-ring (bicyclic) bond motifs is 1. The largest absolute Gasteiger partial charge is 0.392 e. The first kappa shape index (κ1) is 20.3. The summed E-state index contributed by atoms with van der Waals surface area (Å²) in [4.78, 5) is 2.21. The lowest BCUT2D eigenvalue weighted by Gasteiger charge is -2.18. The van der Waals surface area contributed by atoms with Crippen LogP contribution in [-0.4, -0.2) is 49.8 Å². The Bertz CT molecular complexity index is 664. The number of allylic oxidation sites excluding steroid dienone is 2. The lowest BCUT2D eigenvalue weighted by molar-refractivity contribution is 0.141. The lowest BCUT2D eigenvalue weighted by atomic mass is 9.89. The third-order valence-corrected chi connectivity index (χ3v) is 6.08. The fourth-order valence-electron chi connectivity index (χ4n) is 4.66. The number of hydrogen-bond acceptors (Lipinski definition) is 3. The highest BCUT2D eigenvalue weighted by Gasteiger charge is 2.43. The van der Waals surface area contributed by atoms with Gasteiger partial charge in [-0.15, -0.1) is 0 Å². The van der Waals surface area contributed by atoms with Crippen LogP contribution < -0.4 is 5.32 Å². The Morgan fingerprint density at radius 3 is 2.93 bits per heavy atom. The van der Waals surface area contributed by atoms with Gasteiger partial charge in [0.25, 0.3) is 0 Å². The molecule has 3 heteroatoms. The molecule has 0 bridgehead atoms. The second kappa shape index (κ2) is 9.68. The number of likely N-dealkylation sites (N-methyl/N-ethyl adjacent to an activating group) is 1. The second-order valence-electron chi connectivity index (χ2n) is 8.67. The van der Waals surface area contributed by atoms with E-state index in [2.05, 4.69) is 73.7 Å². The molecular formula is C24H36N2O. The minimum atomic E-state index is -0.172. The molecule has 0 heterocycles. The van der Waals surface area contributed by atoms with Crippen LogP contribution in [0.5, 0.6) is 0 Å². The zero-order valence-electron chi connectivity index (χ0n) is 17.2. The topological polar surface area (TPSA) is 35.5 Å². The number of aliphatic hydroxyl groups is 1. The number of nitrogens with one attached hydrogen (secondary N) is 1. The van der Waals surface area contributed by atoms with E-state index in [0.717, 1.165) is 45.3 Å². The minimum Gasteiger partial charge on any atom is -0.392 e. The molecule has 0 amide bonds. The Hall–Kier alpha value is -1.42. The molecule has 3 nitrogen and oxygen atoms in total. The standard InChI is InChI=1S/C24H36N2O/c1-18-7-6-9-19(13-18)8-4-5-10-22-23-15-20(14-21(23)16-24(22)27)17-25-11-12-26(2)3/h5-7,9-10,13-14,21-25,27H,4,8,11-12,15-17H2,1-3H3/t21-,22+,23-,24+/m0/s1. The molecule has 148 valence electrons. The Labute approximate surface area is 165 Å². The summed E-state index contributed by atoms with van der Waals surface area (Å²) in [5.74, 6) is 1.49. The average molecular weight is 369 g/mol. The fraction of sp³-hybridized carbons (Fsp3) is 0.583. The van der Waals surface area contributed by atoms with Gasteiger partial charge in [-0.3, -0.25) is 0 Å². The Morgan fingerprint density at radius 2 is 2.15 bits per heavy atom. The monoisotopic (exact) mass is 368 g/mol. The Balaban J connectivity index is 1.45. The van der Waals surface area contributed by atoms with Gasteiger partial charge in [0.05, 0.1) is 6.10 Å². The Morgan fingerprint density at radius 1 is 1.30 bits per heavy atom. The van der Waals surface area contributed by atoms with E-state index >= 15 is 0 Å². The molecule has 0 unspecified atom stereocenters. The van der Waals surface area contributed by atoms with Gasteiger partial charge in [0, 0.05) is 25.6 Å². The third-order valence-electron chi connectivity index (χ3n) is 6.08. The van der Waals surface area contributed by atoms with Crippen molar-refractivity contribution < 1.29 is 5.11 Å². The van der Waals surface area contributed by atoms with Gasteiger partial charge in [-0.05, 0) is 64.1 Å². The molecule has 2 aliphatic rings. The Kier molecular flexibility index (Phi) is 7.28. The van der Waals surface area contributed by atoms with Crippen molar-refractivity contribution in [2.75, 3.05) is 33.7 Å². The van der Waals surface area contributed by atoms with Crippen molar-refractivity contribution in [3.8, 4) is 0 Å². The van der Waals surface area contributed by atoms with E-state index in [-0.39, 0.29) is 6.10 Å². The van der Waals surface area contributed by atoms with Gasteiger partial charge < -0.3 is 15.3 Å².